The lowest BCUT2D eigenvalue weighted by Gasteiger charge is -2.31. The van der Waals surface area contributed by atoms with Gasteiger partial charge in [0, 0.05) is 36.8 Å². The van der Waals surface area contributed by atoms with E-state index >= 15 is 0 Å². The lowest BCUT2D eigenvalue weighted by molar-refractivity contribution is 0.659. The number of nitrogens with zero attached hydrogens (tertiary/aromatic N) is 1. The van der Waals surface area contributed by atoms with Gasteiger partial charge in [0.1, 0.15) is 0 Å². The Hall–Kier alpha value is -5.18. The number of anilines is 3. The van der Waals surface area contributed by atoms with Gasteiger partial charge in [0.05, 0.1) is 11.4 Å². The van der Waals surface area contributed by atoms with Crippen molar-refractivity contribution in [1.82, 2.24) is 0 Å². The van der Waals surface area contributed by atoms with Crippen LogP contribution in [0.5, 0.6) is 0 Å². The molecule has 0 N–H and O–H groups in total. The smallest absolute Gasteiger partial charge is 0.0555 e. The summed E-state index contributed by atoms with van der Waals surface area (Å²) in [5.74, 6) is 0.452. The summed E-state index contributed by atoms with van der Waals surface area (Å²) in [6, 6.07) is 54.2. The van der Waals surface area contributed by atoms with Crippen LogP contribution < -0.4 is 4.90 Å². The molecule has 0 atom stereocenters. The number of hydrogen-bond acceptors (Lipinski definition) is 2. The van der Waals surface area contributed by atoms with Crippen LogP contribution in [0.15, 0.2) is 146 Å². The van der Waals surface area contributed by atoms with Crippen molar-refractivity contribution in [3.8, 4) is 22.3 Å². The fourth-order valence-corrected chi connectivity index (χ4v) is 9.26. The summed E-state index contributed by atoms with van der Waals surface area (Å²) in [6.45, 7) is 9.42. The third kappa shape index (κ3) is 4.29. The van der Waals surface area contributed by atoms with Gasteiger partial charge in [-0.2, -0.15) is 0 Å². The lowest BCUT2D eigenvalue weighted by Crippen LogP contribution is -2.17. The van der Waals surface area contributed by atoms with Crippen molar-refractivity contribution in [3.63, 3.8) is 0 Å². The maximum absolute atomic E-state index is 2.54. The van der Waals surface area contributed by atoms with Crippen LogP contribution in [-0.2, 0) is 5.41 Å². The minimum absolute atomic E-state index is 0.121. The molecule has 0 saturated heterocycles. The van der Waals surface area contributed by atoms with Gasteiger partial charge >= 0.3 is 0 Å². The summed E-state index contributed by atoms with van der Waals surface area (Å²) >= 11 is 1.88. The second-order valence-corrected chi connectivity index (χ2v) is 15.0. The van der Waals surface area contributed by atoms with E-state index in [4.69, 9.17) is 0 Å². The highest BCUT2D eigenvalue weighted by Gasteiger charge is 2.38. The Labute approximate surface area is 286 Å². The molecule has 1 nitrogen and oxygen atoms in total. The molecule has 0 radical (unpaired) electrons. The predicted octanol–water partition coefficient (Wildman–Crippen LogP) is 13.8. The second-order valence-electron chi connectivity index (χ2n) is 13.9. The zero-order valence-electron chi connectivity index (χ0n) is 27.8. The van der Waals surface area contributed by atoms with Crippen LogP contribution in [0, 0.1) is 0 Å². The first-order chi connectivity index (χ1) is 23.4. The van der Waals surface area contributed by atoms with Crippen molar-refractivity contribution in [3.05, 3.63) is 162 Å². The Morgan fingerprint density at radius 1 is 0.562 bits per heavy atom. The molecule has 8 aromatic rings. The van der Waals surface area contributed by atoms with Crippen molar-refractivity contribution in [2.75, 3.05) is 4.90 Å². The molecule has 9 rings (SSSR count). The van der Waals surface area contributed by atoms with E-state index in [1.54, 1.807) is 0 Å². The molecular formula is C46H37NS. The largest absolute Gasteiger partial charge is 0.309 e. The van der Waals surface area contributed by atoms with Crippen LogP contribution in [0.2, 0.25) is 0 Å². The van der Waals surface area contributed by atoms with Gasteiger partial charge in [-0.1, -0.05) is 137 Å². The predicted molar refractivity (Wildman–Crippen MR) is 209 cm³/mol. The molecule has 1 aromatic heterocycles. The molecule has 1 aliphatic rings. The SMILES string of the molecule is CC(C)c1cccc2c1-c1ccc(N(c3ccc4ccccc4c3-c3ccccc3)c3cccc4sc5ccccc5c34)cc1C2(C)C. The molecule has 232 valence electrons. The first-order valence-electron chi connectivity index (χ1n) is 17.0. The normalized spacial score (nSPS) is 13.4. The fourth-order valence-electron chi connectivity index (χ4n) is 8.13. The van der Waals surface area contributed by atoms with Crippen molar-refractivity contribution < 1.29 is 0 Å². The van der Waals surface area contributed by atoms with Crippen LogP contribution >= 0.6 is 11.3 Å². The Morgan fingerprint density at radius 3 is 2.12 bits per heavy atom. The van der Waals surface area contributed by atoms with Crippen molar-refractivity contribution in [2.45, 2.75) is 39.0 Å². The monoisotopic (exact) mass is 635 g/mol. The van der Waals surface area contributed by atoms with E-state index in [0.717, 1.165) is 0 Å². The van der Waals surface area contributed by atoms with E-state index in [1.807, 2.05) is 11.3 Å². The Balaban J connectivity index is 1.38. The number of hydrogen-bond donors (Lipinski definition) is 0. The zero-order valence-corrected chi connectivity index (χ0v) is 28.6. The van der Waals surface area contributed by atoms with Gasteiger partial charge in [-0.05, 0) is 86.5 Å². The second kappa shape index (κ2) is 10.9. The summed E-state index contributed by atoms with van der Waals surface area (Å²) in [5.41, 5.74) is 12.9. The number of thiophene rings is 1. The fraction of sp³-hybridized carbons (Fsp3) is 0.130. The molecule has 0 bridgehead atoms. The summed E-state index contributed by atoms with van der Waals surface area (Å²) in [5, 5.41) is 5.10. The summed E-state index contributed by atoms with van der Waals surface area (Å²) in [4.78, 5) is 2.54. The van der Waals surface area contributed by atoms with Gasteiger partial charge in [0.15, 0.2) is 0 Å². The number of benzene rings is 7. The van der Waals surface area contributed by atoms with E-state index in [2.05, 4.69) is 178 Å². The topological polar surface area (TPSA) is 3.24 Å². The van der Waals surface area contributed by atoms with E-state index in [-0.39, 0.29) is 5.41 Å². The Bertz CT molecular complexity index is 2520. The number of fused-ring (bicyclic) bond motifs is 7. The van der Waals surface area contributed by atoms with Crippen molar-refractivity contribution in [1.29, 1.82) is 0 Å². The lowest BCUT2D eigenvalue weighted by atomic mass is 9.81. The molecule has 48 heavy (non-hydrogen) atoms. The standard InChI is InChI=1S/C46H37NS/c1-29(2)33-19-12-20-37-44(33)35-26-25-32(28-38(35)46(37,3)4)47(39-21-13-23-42-45(39)36-18-10-11-22-41(36)48-42)40-27-24-30-14-8-9-17-34(30)43(40)31-15-6-5-7-16-31/h5-29H,1-4H3. The first kappa shape index (κ1) is 29.0. The average molecular weight is 636 g/mol. The molecule has 0 fully saturated rings. The summed E-state index contributed by atoms with van der Waals surface area (Å²) < 4.78 is 2.62. The molecular weight excluding hydrogens is 599 g/mol. The van der Waals surface area contributed by atoms with Crippen molar-refractivity contribution in [2.24, 2.45) is 0 Å². The molecule has 0 unspecified atom stereocenters. The van der Waals surface area contributed by atoms with Gasteiger partial charge in [-0.25, -0.2) is 0 Å². The molecule has 1 aliphatic carbocycles. The summed E-state index contributed by atoms with van der Waals surface area (Å²) in [6.07, 6.45) is 0. The van der Waals surface area contributed by atoms with E-state index in [0.29, 0.717) is 5.92 Å². The third-order valence-corrected chi connectivity index (χ3v) is 11.6. The average Bonchev–Trinajstić information content (AvgIpc) is 3.61. The minimum Gasteiger partial charge on any atom is -0.309 e. The van der Waals surface area contributed by atoms with Crippen LogP contribution in [0.25, 0.3) is 53.2 Å². The van der Waals surface area contributed by atoms with Crippen LogP contribution in [0.1, 0.15) is 50.3 Å². The van der Waals surface area contributed by atoms with Crippen LogP contribution in [0.4, 0.5) is 17.1 Å². The van der Waals surface area contributed by atoms with Gasteiger partial charge < -0.3 is 4.90 Å². The van der Waals surface area contributed by atoms with Gasteiger partial charge in [-0.3, -0.25) is 0 Å². The molecule has 0 aliphatic heterocycles. The van der Waals surface area contributed by atoms with Gasteiger partial charge in [0.25, 0.3) is 0 Å². The van der Waals surface area contributed by atoms with E-state index in [1.165, 1.54) is 87.0 Å². The highest BCUT2D eigenvalue weighted by atomic mass is 32.1. The first-order valence-corrected chi connectivity index (χ1v) is 17.8. The van der Waals surface area contributed by atoms with Gasteiger partial charge in [-0.15, -0.1) is 11.3 Å². The van der Waals surface area contributed by atoms with E-state index < -0.39 is 0 Å². The quantitative estimate of drug-likeness (QED) is 0.182. The molecule has 0 spiro atoms. The highest BCUT2D eigenvalue weighted by Crippen LogP contribution is 2.54. The Kier molecular flexibility index (Phi) is 6.61. The molecule has 0 amide bonds. The van der Waals surface area contributed by atoms with Crippen LogP contribution in [-0.4, -0.2) is 0 Å². The maximum atomic E-state index is 2.54. The highest BCUT2D eigenvalue weighted by molar-refractivity contribution is 7.26. The number of rotatable bonds is 5. The molecule has 1 heterocycles. The maximum Gasteiger partial charge on any atom is 0.0555 e. The Morgan fingerprint density at radius 2 is 1.29 bits per heavy atom. The van der Waals surface area contributed by atoms with Crippen molar-refractivity contribution >= 4 is 59.3 Å². The van der Waals surface area contributed by atoms with E-state index in [9.17, 15) is 0 Å². The molecule has 0 saturated carbocycles. The third-order valence-electron chi connectivity index (χ3n) is 10.4. The summed E-state index contributed by atoms with van der Waals surface area (Å²) in [7, 11) is 0. The molecule has 2 heteroatoms. The minimum atomic E-state index is -0.121. The zero-order chi connectivity index (χ0) is 32.6. The van der Waals surface area contributed by atoms with Gasteiger partial charge in [0.2, 0.25) is 0 Å². The van der Waals surface area contributed by atoms with Crippen LogP contribution in [0.3, 0.4) is 0 Å². The molecule has 7 aromatic carbocycles.